The standard InChI is InChI=1S/C13H14N4O2S/c1-8-6-14-13(20-8)15-11(18)7-17-12(19)5-4-10(16-17)9-2-3-9/h4-6,9H,2-3,7H2,1H3,(H,14,15,18). The van der Waals surface area contributed by atoms with Crippen LogP contribution in [0.1, 0.15) is 29.3 Å². The molecule has 6 nitrogen and oxygen atoms in total. The summed E-state index contributed by atoms with van der Waals surface area (Å²) in [5.41, 5.74) is 0.627. The third-order valence-corrected chi connectivity index (χ3v) is 3.87. The SMILES string of the molecule is Cc1cnc(NC(=O)Cn2nc(C3CC3)ccc2=O)s1. The van der Waals surface area contributed by atoms with Crippen molar-refractivity contribution >= 4 is 22.4 Å². The number of rotatable bonds is 4. The van der Waals surface area contributed by atoms with E-state index in [1.807, 2.05) is 6.92 Å². The summed E-state index contributed by atoms with van der Waals surface area (Å²) in [6.07, 6.45) is 3.91. The van der Waals surface area contributed by atoms with E-state index in [0.29, 0.717) is 11.0 Å². The van der Waals surface area contributed by atoms with Crippen molar-refractivity contribution in [2.75, 3.05) is 5.32 Å². The van der Waals surface area contributed by atoms with Gasteiger partial charge in [0.05, 0.1) is 5.69 Å². The summed E-state index contributed by atoms with van der Waals surface area (Å²) >= 11 is 1.40. The summed E-state index contributed by atoms with van der Waals surface area (Å²) in [5, 5.41) is 7.46. The molecule has 2 aromatic rings. The lowest BCUT2D eigenvalue weighted by molar-refractivity contribution is -0.117. The summed E-state index contributed by atoms with van der Waals surface area (Å²) < 4.78 is 1.21. The summed E-state index contributed by atoms with van der Waals surface area (Å²) in [7, 11) is 0. The molecule has 0 bridgehead atoms. The molecule has 2 aromatic heterocycles. The quantitative estimate of drug-likeness (QED) is 0.926. The first-order valence-corrected chi connectivity index (χ1v) is 7.24. The molecule has 3 rings (SSSR count). The lowest BCUT2D eigenvalue weighted by Crippen LogP contribution is -2.29. The van der Waals surface area contributed by atoms with E-state index in [2.05, 4.69) is 15.4 Å². The van der Waals surface area contributed by atoms with Crippen LogP contribution in [0.5, 0.6) is 0 Å². The summed E-state index contributed by atoms with van der Waals surface area (Å²) in [5.74, 6) is 0.161. The van der Waals surface area contributed by atoms with E-state index < -0.39 is 0 Å². The molecule has 0 radical (unpaired) electrons. The molecule has 1 N–H and O–H groups in total. The number of carbonyl (C=O) groups excluding carboxylic acids is 1. The molecule has 7 heteroatoms. The van der Waals surface area contributed by atoms with Gasteiger partial charge in [-0.15, -0.1) is 11.3 Å². The number of amides is 1. The van der Waals surface area contributed by atoms with Crippen molar-refractivity contribution in [3.63, 3.8) is 0 Å². The fourth-order valence-corrected chi connectivity index (χ4v) is 2.56. The van der Waals surface area contributed by atoms with Crippen molar-refractivity contribution in [3.8, 4) is 0 Å². The van der Waals surface area contributed by atoms with Crippen molar-refractivity contribution in [1.29, 1.82) is 0 Å². The maximum Gasteiger partial charge on any atom is 0.267 e. The number of anilines is 1. The molecule has 2 heterocycles. The molecule has 0 aromatic carbocycles. The first-order valence-electron chi connectivity index (χ1n) is 6.42. The van der Waals surface area contributed by atoms with Crippen LogP contribution in [0.15, 0.2) is 23.1 Å². The van der Waals surface area contributed by atoms with Crippen molar-refractivity contribution in [2.24, 2.45) is 0 Å². The van der Waals surface area contributed by atoms with Gasteiger partial charge in [-0.3, -0.25) is 9.59 Å². The number of nitrogens with zero attached hydrogens (tertiary/aromatic N) is 3. The van der Waals surface area contributed by atoms with E-state index >= 15 is 0 Å². The highest BCUT2D eigenvalue weighted by Gasteiger charge is 2.25. The third kappa shape index (κ3) is 2.93. The molecular weight excluding hydrogens is 276 g/mol. The lowest BCUT2D eigenvalue weighted by Gasteiger charge is -2.06. The predicted molar refractivity (Wildman–Crippen MR) is 76.0 cm³/mol. The number of nitrogens with one attached hydrogen (secondary N) is 1. The molecule has 0 atom stereocenters. The van der Waals surface area contributed by atoms with E-state index in [-0.39, 0.29) is 18.0 Å². The smallest absolute Gasteiger partial charge is 0.267 e. The van der Waals surface area contributed by atoms with Gasteiger partial charge >= 0.3 is 0 Å². The second-order valence-electron chi connectivity index (χ2n) is 4.85. The minimum absolute atomic E-state index is 0.0853. The van der Waals surface area contributed by atoms with Crippen LogP contribution >= 0.6 is 11.3 Å². The molecule has 1 fully saturated rings. The molecule has 0 spiro atoms. The zero-order chi connectivity index (χ0) is 14.1. The minimum atomic E-state index is -0.290. The van der Waals surface area contributed by atoms with Gasteiger partial charge < -0.3 is 5.32 Å². The zero-order valence-corrected chi connectivity index (χ0v) is 11.8. The molecule has 0 saturated heterocycles. The fraction of sp³-hybridized carbons (Fsp3) is 0.385. The highest BCUT2D eigenvalue weighted by molar-refractivity contribution is 7.15. The van der Waals surface area contributed by atoms with E-state index in [1.165, 1.54) is 22.1 Å². The molecule has 1 aliphatic rings. The number of aryl methyl sites for hydroxylation is 1. The second-order valence-corrected chi connectivity index (χ2v) is 6.09. The van der Waals surface area contributed by atoms with Gasteiger partial charge in [-0.25, -0.2) is 9.67 Å². The number of thiazole rings is 1. The maximum atomic E-state index is 11.9. The van der Waals surface area contributed by atoms with Gasteiger partial charge in [-0.1, -0.05) is 0 Å². The average molecular weight is 290 g/mol. The Labute approximate surface area is 119 Å². The van der Waals surface area contributed by atoms with Crippen molar-refractivity contribution < 1.29 is 4.79 Å². The van der Waals surface area contributed by atoms with Gasteiger partial charge in [0.25, 0.3) is 5.56 Å². The molecule has 104 valence electrons. The van der Waals surface area contributed by atoms with Gasteiger partial charge in [0.15, 0.2) is 5.13 Å². The summed E-state index contributed by atoms with van der Waals surface area (Å²) in [6.45, 7) is 1.83. The van der Waals surface area contributed by atoms with Crippen LogP contribution in [0.4, 0.5) is 5.13 Å². The molecule has 20 heavy (non-hydrogen) atoms. The van der Waals surface area contributed by atoms with E-state index in [0.717, 1.165) is 23.4 Å². The first-order chi connectivity index (χ1) is 9.61. The van der Waals surface area contributed by atoms with Gasteiger partial charge in [-0.2, -0.15) is 5.10 Å². The van der Waals surface area contributed by atoms with Crippen LogP contribution in [-0.2, 0) is 11.3 Å². The van der Waals surface area contributed by atoms with Crippen LogP contribution in [0.25, 0.3) is 0 Å². The van der Waals surface area contributed by atoms with Crippen molar-refractivity contribution in [1.82, 2.24) is 14.8 Å². The Morgan fingerprint density at radius 3 is 2.95 bits per heavy atom. The monoisotopic (exact) mass is 290 g/mol. The Balaban J connectivity index is 1.71. The number of hydrogen-bond donors (Lipinski definition) is 1. The second kappa shape index (κ2) is 5.16. The predicted octanol–water partition coefficient (Wildman–Crippen LogP) is 1.52. The van der Waals surface area contributed by atoms with Gasteiger partial charge in [0, 0.05) is 23.1 Å². The number of hydrogen-bond acceptors (Lipinski definition) is 5. The van der Waals surface area contributed by atoms with Gasteiger partial charge in [0.2, 0.25) is 5.91 Å². The van der Waals surface area contributed by atoms with Crippen molar-refractivity contribution in [2.45, 2.75) is 32.2 Å². The molecule has 1 aliphatic carbocycles. The molecular formula is C13H14N4O2S. The number of aromatic nitrogens is 3. The van der Waals surface area contributed by atoms with E-state index in [1.54, 1.807) is 12.3 Å². The van der Waals surface area contributed by atoms with Crippen LogP contribution in [0.2, 0.25) is 0 Å². The molecule has 1 amide bonds. The largest absolute Gasteiger partial charge is 0.300 e. The summed E-state index contributed by atoms with van der Waals surface area (Å²) in [4.78, 5) is 28.7. The first kappa shape index (κ1) is 13.0. The van der Waals surface area contributed by atoms with E-state index in [9.17, 15) is 9.59 Å². The Bertz CT molecular complexity index is 702. The zero-order valence-electron chi connectivity index (χ0n) is 11.0. The topological polar surface area (TPSA) is 76.9 Å². The third-order valence-electron chi connectivity index (χ3n) is 3.04. The minimum Gasteiger partial charge on any atom is -0.300 e. The Hall–Kier alpha value is -2.02. The van der Waals surface area contributed by atoms with Crippen LogP contribution in [-0.4, -0.2) is 20.7 Å². The molecule has 0 unspecified atom stereocenters. The lowest BCUT2D eigenvalue weighted by atomic mass is 10.3. The maximum absolute atomic E-state index is 11.9. The van der Waals surface area contributed by atoms with E-state index in [4.69, 9.17) is 0 Å². The fourth-order valence-electron chi connectivity index (χ4n) is 1.88. The Morgan fingerprint density at radius 1 is 1.50 bits per heavy atom. The van der Waals surface area contributed by atoms with Crippen molar-refractivity contribution in [3.05, 3.63) is 39.3 Å². The molecule has 1 saturated carbocycles. The average Bonchev–Trinajstić information content (AvgIpc) is 3.17. The number of carbonyl (C=O) groups is 1. The normalized spacial score (nSPS) is 14.2. The molecule has 0 aliphatic heterocycles. The van der Waals surface area contributed by atoms with Crippen LogP contribution in [0.3, 0.4) is 0 Å². The van der Waals surface area contributed by atoms with Gasteiger partial charge in [-0.05, 0) is 25.8 Å². The highest BCUT2D eigenvalue weighted by atomic mass is 32.1. The Kier molecular flexibility index (Phi) is 3.35. The summed E-state index contributed by atoms with van der Waals surface area (Å²) in [6, 6.07) is 3.22. The van der Waals surface area contributed by atoms with Crippen LogP contribution < -0.4 is 10.9 Å². The highest BCUT2D eigenvalue weighted by Crippen LogP contribution is 2.38. The van der Waals surface area contributed by atoms with Crippen LogP contribution in [0, 0.1) is 6.92 Å². The van der Waals surface area contributed by atoms with Gasteiger partial charge in [0.1, 0.15) is 6.54 Å². The Morgan fingerprint density at radius 2 is 2.30 bits per heavy atom.